The van der Waals surface area contributed by atoms with Crippen molar-refractivity contribution in [1.29, 1.82) is 0 Å². The van der Waals surface area contributed by atoms with Crippen LogP contribution in [-0.2, 0) is 22.6 Å². The third-order valence-corrected chi connectivity index (χ3v) is 4.66. The number of nitrogens with one attached hydrogen (secondary N) is 1. The highest BCUT2D eigenvalue weighted by molar-refractivity contribution is 6.31. The zero-order valence-electron chi connectivity index (χ0n) is 15.2. The van der Waals surface area contributed by atoms with Gasteiger partial charge in [0.25, 0.3) is 0 Å². The maximum absolute atomic E-state index is 12.9. The van der Waals surface area contributed by atoms with Gasteiger partial charge >= 0.3 is 0 Å². The highest BCUT2D eigenvalue weighted by Crippen LogP contribution is 2.19. The van der Waals surface area contributed by atoms with Crippen LogP contribution in [0.1, 0.15) is 31.4 Å². The maximum atomic E-state index is 12.9. The molecule has 0 aliphatic carbocycles. The van der Waals surface area contributed by atoms with Crippen LogP contribution in [0.15, 0.2) is 54.6 Å². The summed E-state index contributed by atoms with van der Waals surface area (Å²) in [6, 6.07) is 16.7. The highest BCUT2D eigenvalue weighted by Gasteiger charge is 2.26. The van der Waals surface area contributed by atoms with Gasteiger partial charge in [-0.05, 0) is 37.5 Å². The Bertz CT molecular complexity index is 734. The minimum Gasteiger partial charge on any atom is -0.355 e. The number of benzene rings is 2. The molecule has 0 aromatic heterocycles. The Hall–Kier alpha value is -2.33. The number of aryl methyl sites for hydroxylation is 1. The summed E-state index contributed by atoms with van der Waals surface area (Å²) in [6.07, 6.45) is 0.985. The van der Waals surface area contributed by atoms with Crippen LogP contribution in [0, 0.1) is 0 Å². The van der Waals surface area contributed by atoms with Crippen molar-refractivity contribution in [2.24, 2.45) is 0 Å². The summed E-state index contributed by atoms with van der Waals surface area (Å²) in [4.78, 5) is 26.8. The quantitative estimate of drug-likeness (QED) is 0.765. The van der Waals surface area contributed by atoms with Crippen LogP contribution in [0.2, 0.25) is 5.02 Å². The van der Waals surface area contributed by atoms with Crippen molar-refractivity contribution in [1.82, 2.24) is 10.2 Å². The van der Waals surface area contributed by atoms with E-state index in [1.54, 1.807) is 17.9 Å². The third kappa shape index (κ3) is 5.60. The second kappa shape index (κ2) is 9.97. The molecule has 5 heteroatoms. The molecule has 0 saturated heterocycles. The molecule has 26 heavy (non-hydrogen) atoms. The molecule has 0 fully saturated rings. The highest BCUT2D eigenvalue weighted by atomic mass is 35.5. The van der Waals surface area contributed by atoms with Gasteiger partial charge in [0.1, 0.15) is 6.04 Å². The van der Waals surface area contributed by atoms with Crippen molar-refractivity contribution in [3.05, 3.63) is 70.7 Å². The van der Waals surface area contributed by atoms with Crippen LogP contribution >= 0.6 is 11.6 Å². The number of amides is 2. The number of carbonyl (C=O) groups excluding carboxylic acids is 2. The van der Waals surface area contributed by atoms with E-state index in [2.05, 4.69) is 5.32 Å². The zero-order chi connectivity index (χ0) is 18.9. The van der Waals surface area contributed by atoms with Gasteiger partial charge < -0.3 is 10.2 Å². The predicted molar refractivity (Wildman–Crippen MR) is 105 cm³/mol. The van der Waals surface area contributed by atoms with Gasteiger partial charge in [0.2, 0.25) is 11.8 Å². The maximum Gasteiger partial charge on any atom is 0.242 e. The van der Waals surface area contributed by atoms with E-state index in [1.807, 2.05) is 55.5 Å². The standard InChI is InChI=1S/C21H25ClN2O2/c1-3-23-21(26)16(2)24(15-18-11-7-8-12-19(18)22)20(25)14-13-17-9-5-4-6-10-17/h4-12,16H,3,13-15H2,1-2H3,(H,23,26)/t16-/m1/s1. The fourth-order valence-corrected chi connectivity index (χ4v) is 2.95. The molecule has 4 nitrogen and oxygen atoms in total. The van der Waals surface area contributed by atoms with Crippen molar-refractivity contribution in [3.63, 3.8) is 0 Å². The van der Waals surface area contributed by atoms with Gasteiger partial charge in [0.05, 0.1) is 0 Å². The number of halogens is 1. The second-order valence-electron chi connectivity index (χ2n) is 6.17. The Balaban J connectivity index is 2.14. The number of nitrogens with zero attached hydrogens (tertiary/aromatic N) is 1. The lowest BCUT2D eigenvalue weighted by Crippen LogP contribution is -2.47. The lowest BCUT2D eigenvalue weighted by atomic mass is 10.1. The van der Waals surface area contributed by atoms with Crippen molar-refractivity contribution < 1.29 is 9.59 Å². The Labute approximate surface area is 160 Å². The summed E-state index contributed by atoms with van der Waals surface area (Å²) in [5, 5.41) is 3.38. The molecule has 2 aromatic rings. The molecule has 0 bridgehead atoms. The molecule has 2 aromatic carbocycles. The Morgan fingerprint density at radius 2 is 1.73 bits per heavy atom. The predicted octanol–water partition coefficient (Wildman–Crippen LogP) is 3.83. The fraction of sp³-hybridized carbons (Fsp3) is 0.333. The van der Waals surface area contributed by atoms with E-state index in [1.165, 1.54) is 0 Å². The minimum absolute atomic E-state index is 0.0625. The average Bonchev–Trinajstić information content (AvgIpc) is 2.66. The molecule has 2 rings (SSSR count). The van der Waals surface area contributed by atoms with Crippen LogP contribution in [0.25, 0.3) is 0 Å². The van der Waals surface area contributed by atoms with Gasteiger partial charge in [-0.3, -0.25) is 9.59 Å². The summed E-state index contributed by atoms with van der Waals surface area (Å²) >= 11 is 6.25. The van der Waals surface area contributed by atoms with Gasteiger partial charge in [-0.15, -0.1) is 0 Å². The van der Waals surface area contributed by atoms with Gasteiger partial charge in [-0.25, -0.2) is 0 Å². The van der Waals surface area contributed by atoms with E-state index in [0.29, 0.717) is 31.0 Å². The van der Waals surface area contributed by atoms with Crippen molar-refractivity contribution >= 4 is 23.4 Å². The minimum atomic E-state index is -0.561. The van der Waals surface area contributed by atoms with E-state index < -0.39 is 6.04 Å². The Morgan fingerprint density at radius 3 is 2.38 bits per heavy atom. The van der Waals surface area contributed by atoms with Crippen LogP contribution in [0.3, 0.4) is 0 Å². The SMILES string of the molecule is CCNC(=O)[C@@H](C)N(Cc1ccccc1Cl)C(=O)CCc1ccccc1. The average molecular weight is 373 g/mol. The van der Waals surface area contributed by atoms with Crippen LogP contribution in [0.4, 0.5) is 0 Å². The fourth-order valence-electron chi connectivity index (χ4n) is 2.75. The van der Waals surface area contributed by atoms with Crippen LogP contribution < -0.4 is 5.32 Å². The number of rotatable bonds is 8. The van der Waals surface area contributed by atoms with E-state index in [9.17, 15) is 9.59 Å². The Kier molecular flexibility index (Phi) is 7.67. The number of carbonyl (C=O) groups is 2. The topological polar surface area (TPSA) is 49.4 Å². The lowest BCUT2D eigenvalue weighted by Gasteiger charge is -2.29. The molecule has 0 aliphatic rings. The largest absolute Gasteiger partial charge is 0.355 e. The monoisotopic (exact) mass is 372 g/mol. The summed E-state index contributed by atoms with van der Waals surface area (Å²) in [7, 11) is 0. The first-order valence-electron chi connectivity index (χ1n) is 8.87. The van der Waals surface area contributed by atoms with Crippen molar-refractivity contribution in [3.8, 4) is 0 Å². The number of likely N-dealkylation sites (N-methyl/N-ethyl adjacent to an activating group) is 1. The molecule has 2 amide bonds. The Morgan fingerprint density at radius 1 is 1.08 bits per heavy atom. The molecule has 0 unspecified atom stereocenters. The van der Waals surface area contributed by atoms with E-state index in [-0.39, 0.29) is 11.8 Å². The molecule has 0 spiro atoms. The first-order valence-corrected chi connectivity index (χ1v) is 9.25. The molecule has 0 aliphatic heterocycles. The van der Waals surface area contributed by atoms with Gasteiger partial charge in [-0.2, -0.15) is 0 Å². The number of hydrogen-bond donors (Lipinski definition) is 1. The summed E-state index contributed by atoms with van der Waals surface area (Å²) in [6.45, 7) is 4.45. The molecule has 0 radical (unpaired) electrons. The van der Waals surface area contributed by atoms with Crippen LogP contribution in [0.5, 0.6) is 0 Å². The summed E-state index contributed by atoms with van der Waals surface area (Å²) in [5.41, 5.74) is 1.93. The van der Waals surface area contributed by atoms with Crippen molar-refractivity contribution in [2.75, 3.05) is 6.54 Å². The number of hydrogen-bond acceptors (Lipinski definition) is 2. The summed E-state index contributed by atoms with van der Waals surface area (Å²) in [5.74, 6) is -0.222. The summed E-state index contributed by atoms with van der Waals surface area (Å²) < 4.78 is 0. The first kappa shape index (κ1) is 20.0. The molecule has 0 saturated carbocycles. The molecular formula is C21H25ClN2O2. The van der Waals surface area contributed by atoms with E-state index >= 15 is 0 Å². The first-order chi connectivity index (χ1) is 12.5. The molecule has 1 N–H and O–H groups in total. The van der Waals surface area contributed by atoms with Gasteiger partial charge in [-0.1, -0.05) is 60.1 Å². The van der Waals surface area contributed by atoms with E-state index in [4.69, 9.17) is 11.6 Å². The smallest absolute Gasteiger partial charge is 0.242 e. The molecule has 1 atom stereocenters. The van der Waals surface area contributed by atoms with Crippen molar-refractivity contribution in [2.45, 2.75) is 39.3 Å². The molecule has 138 valence electrons. The van der Waals surface area contributed by atoms with Crippen LogP contribution in [-0.4, -0.2) is 29.3 Å². The second-order valence-corrected chi connectivity index (χ2v) is 6.58. The molecule has 0 heterocycles. The third-order valence-electron chi connectivity index (χ3n) is 4.29. The normalized spacial score (nSPS) is 11.7. The molecular weight excluding hydrogens is 348 g/mol. The van der Waals surface area contributed by atoms with Gasteiger partial charge in [0.15, 0.2) is 0 Å². The van der Waals surface area contributed by atoms with Gasteiger partial charge in [0, 0.05) is 24.5 Å². The lowest BCUT2D eigenvalue weighted by molar-refractivity contribution is -0.140. The van der Waals surface area contributed by atoms with E-state index in [0.717, 1.165) is 11.1 Å². The zero-order valence-corrected chi connectivity index (χ0v) is 16.0.